The van der Waals surface area contributed by atoms with Crippen LogP contribution in [0.5, 0.6) is 0 Å². The van der Waals surface area contributed by atoms with Crippen molar-refractivity contribution in [3.8, 4) is 0 Å². The Hall–Kier alpha value is -2.21. The molecule has 22 heavy (non-hydrogen) atoms. The first-order chi connectivity index (χ1) is 10.7. The van der Waals surface area contributed by atoms with E-state index in [9.17, 15) is 4.79 Å². The van der Waals surface area contributed by atoms with Crippen LogP contribution in [-0.4, -0.2) is 16.0 Å². The number of benzene rings is 1. The average molecular weight is 313 g/mol. The van der Waals surface area contributed by atoms with E-state index in [1.807, 2.05) is 24.3 Å². The molecule has 0 saturated heterocycles. The number of carbonyl (C=O) groups excluding carboxylic acids is 1. The van der Waals surface area contributed by atoms with Gasteiger partial charge in [0.1, 0.15) is 5.76 Å². The molecule has 0 fully saturated rings. The molecular formula is C16H15N3O2S. The molecule has 1 aromatic carbocycles. The molecule has 0 radical (unpaired) electrons. The van der Waals surface area contributed by atoms with Gasteiger partial charge in [-0.1, -0.05) is 35.5 Å². The second kappa shape index (κ2) is 5.21. The molecule has 0 aliphatic heterocycles. The monoisotopic (exact) mass is 313 g/mol. The molecule has 112 valence electrons. The molecule has 1 atom stereocenters. The van der Waals surface area contributed by atoms with Gasteiger partial charge in [-0.3, -0.25) is 10.1 Å². The third-order valence-corrected chi connectivity index (χ3v) is 4.97. The zero-order valence-electron chi connectivity index (χ0n) is 12.1. The van der Waals surface area contributed by atoms with E-state index in [4.69, 9.17) is 4.52 Å². The summed E-state index contributed by atoms with van der Waals surface area (Å²) in [7, 11) is 0. The first kappa shape index (κ1) is 13.5. The van der Waals surface area contributed by atoms with Gasteiger partial charge >= 0.3 is 0 Å². The molecule has 4 rings (SSSR count). The highest BCUT2D eigenvalue weighted by Crippen LogP contribution is 2.29. The Morgan fingerprint density at radius 3 is 3.14 bits per heavy atom. The summed E-state index contributed by atoms with van der Waals surface area (Å²) in [5, 5.41) is 7.41. The van der Waals surface area contributed by atoms with Crippen LogP contribution in [0.2, 0.25) is 0 Å². The van der Waals surface area contributed by atoms with Crippen LogP contribution in [0, 0.1) is 5.92 Å². The Morgan fingerprint density at radius 2 is 2.27 bits per heavy atom. The molecule has 1 aliphatic rings. The Balaban J connectivity index is 1.61. The van der Waals surface area contributed by atoms with Gasteiger partial charge in [0.15, 0.2) is 10.8 Å². The molecule has 6 heteroatoms. The van der Waals surface area contributed by atoms with Crippen LogP contribution in [0.1, 0.15) is 35.2 Å². The van der Waals surface area contributed by atoms with Crippen LogP contribution in [0.15, 0.2) is 28.8 Å². The summed E-state index contributed by atoms with van der Waals surface area (Å²) in [5.41, 5.74) is 2.25. The molecule has 2 heterocycles. The maximum atomic E-state index is 12.5. The summed E-state index contributed by atoms with van der Waals surface area (Å²) in [6.45, 7) is 2.19. The number of nitrogens with one attached hydrogen (secondary N) is 1. The second-order valence-electron chi connectivity index (χ2n) is 5.72. The molecule has 0 spiro atoms. The van der Waals surface area contributed by atoms with Crippen LogP contribution in [0.25, 0.3) is 10.2 Å². The summed E-state index contributed by atoms with van der Waals surface area (Å²) in [6.07, 6.45) is 2.79. The van der Waals surface area contributed by atoms with Crippen molar-refractivity contribution in [1.82, 2.24) is 10.1 Å². The number of rotatable bonds is 2. The third kappa shape index (κ3) is 2.29. The minimum atomic E-state index is -0.238. The number of amides is 1. The number of thiazole rings is 1. The van der Waals surface area contributed by atoms with Gasteiger partial charge in [-0.25, -0.2) is 4.98 Å². The van der Waals surface area contributed by atoms with E-state index >= 15 is 0 Å². The summed E-state index contributed by atoms with van der Waals surface area (Å²) in [5.74, 6) is 1.17. The van der Waals surface area contributed by atoms with Crippen molar-refractivity contribution < 1.29 is 9.32 Å². The first-order valence-electron chi connectivity index (χ1n) is 7.35. The molecule has 1 amide bonds. The van der Waals surface area contributed by atoms with Gasteiger partial charge < -0.3 is 4.52 Å². The van der Waals surface area contributed by atoms with Crippen molar-refractivity contribution in [2.45, 2.75) is 26.2 Å². The van der Waals surface area contributed by atoms with Crippen LogP contribution in [-0.2, 0) is 12.8 Å². The Labute approximate surface area is 131 Å². The second-order valence-corrected chi connectivity index (χ2v) is 6.75. The predicted octanol–water partition coefficient (Wildman–Crippen LogP) is 3.66. The van der Waals surface area contributed by atoms with Crippen molar-refractivity contribution in [3.63, 3.8) is 0 Å². The van der Waals surface area contributed by atoms with Gasteiger partial charge in [0, 0.05) is 12.0 Å². The number of nitrogens with zero attached hydrogens (tertiary/aromatic N) is 2. The van der Waals surface area contributed by atoms with Gasteiger partial charge in [-0.15, -0.1) is 0 Å². The fourth-order valence-electron chi connectivity index (χ4n) is 2.84. The van der Waals surface area contributed by atoms with Crippen molar-refractivity contribution >= 4 is 32.6 Å². The Morgan fingerprint density at radius 1 is 1.41 bits per heavy atom. The summed E-state index contributed by atoms with van der Waals surface area (Å²) in [6, 6.07) is 7.81. The number of aromatic nitrogens is 2. The number of hydrogen-bond acceptors (Lipinski definition) is 5. The number of fused-ring (bicyclic) bond motifs is 2. The lowest BCUT2D eigenvalue weighted by molar-refractivity contribution is 0.101. The Kier molecular flexibility index (Phi) is 3.18. The largest absolute Gasteiger partial charge is 0.360 e. The van der Waals surface area contributed by atoms with E-state index in [-0.39, 0.29) is 5.91 Å². The van der Waals surface area contributed by atoms with Gasteiger partial charge in [0.2, 0.25) is 0 Å². The average Bonchev–Trinajstić information content (AvgIpc) is 3.09. The highest BCUT2D eigenvalue weighted by Gasteiger charge is 2.27. The van der Waals surface area contributed by atoms with Gasteiger partial charge in [-0.05, 0) is 30.9 Å². The van der Waals surface area contributed by atoms with E-state index in [1.54, 1.807) is 0 Å². The highest BCUT2D eigenvalue weighted by atomic mass is 32.1. The van der Waals surface area contributed by atoms with Crippen molar-refractivity contribution in [2.75, 3.05) is 5.32 Å². The molecule has 0 saturated carbocycles. The van der Waals surface area contributed by atoms with E-state index in [1.165, 1.54) is 11.3 Å². The molecule has 0 bridgehead atoms. The quantitative estimate of drug-likeness (QED) is 0.784. The van der Waals surface area contributed by atoms with E-state index in [0.29, 0.717) is 16.7 Å². The fourth-order valence-corrected chi connectivity index (χ4v) is 3.70. The normalized spacial score (nSPS) is 17.4. The number of carbonyl (C=O) groups is 1. The molecule has 2 aromatic heterocycles. The molecule has 1 aliphatic carbocycles. The van der Waals surface area contributed by atoms with Gasteiger partial charge in [0.25, 0.3) is 5.91 Å². The molecule has 1 N–H and O–H groups in total. The Bertz CT molecular complexity index is 819. The fraction of sp³-hybridized carbons (Fsp3) is 0.312. The summed E-state index contributed by atoms with van der Waals surface area (Å²) in [4.78, 5) is 16.9. The topological polar surface area (TPSA) is 68.0 Å². The molecule has 5 nitrogen and oxygen atoms in total. The summed E-state index contributed by atoms with van der Waals surface area (Å²) < 4.78 is 6.37. The van der Waals surface area contributed by atoms with Crippen LogP contribution in [0.3, 0.4) is 0 Å². The highest BCUT2D eigenvalue weighted by molar-refractivity contribution is 7.22. The lowest BCUT2D eigenvalue weighted by Gasteiger charge is -2.16. The minimum Gasteiger partial charge on any atom is -0.360 e. The maximum Gasteiger partial charge on any atom is 0.279 e. The lowest BCUT2D eigenvalue weighted by Crippen LogP contribution is -2.17. The SMILES string of the molecule is CC1CCc2onc(C(=O)Nc3nc4ccccc4s3)c2C1. The maximum absolute atomic E-state index is 12.5. The number of aryl methyl sites for hydroxylation is 1. The van der Waals surface area contributed by atoms with Gasteiger partial charge in [-0.2, -0.15) is 0 Å². The minimum absolute atomic E-state index is 0.238. The van der Waals surface area contributed by atoms with Crippen molar-refractivity contribution in [3.05, 3.63) is 41.3 Å². The summed E-state index contributed by atoms with van der Waals surface area (Å²) >= 11 is 1.46. The molecule has 3 aromatic rings. The number of para-hydroxylation sites is 1. The van der Waals surface area contributed by atoms with Crippen molar-refractivity contribution in [2.24, 2.45) is 5.92 Å². The van der Waals surface area contributed by atoms with Crippen LogP contribution >= 0.6 is 11.3 Å². The van der Waals surface area contributed by atoms with E-state index < -0.39 is 0 Å². The van der Waals surface area contributed by atoms with Crippen LogP contribution < -0.4 is 5.32 Å². The molecule has 1 unspecified atom stereocenters. The number of hydrogen-bond donors (Lipinski definition) is 1. The predicted molar refractivity (Wildman–Crippen MR) is 85.3 cm³/mol. The first-order valence-corrected chi connectivity index (χ1v) is 8.16. The van der Waals surface area contributed by atoms with E-state index in [2.05, 4.69) is 22.4 Å². The molecular weight excluding hydrogens is 298 g/mol. The van der Waals surface area contributed by atoms with Crippen LogP contribution in [0.4, 0.5) is 5.13 Å². The standard InChI is InChI=1S/C16H15N3O2S/c1-9-6-7-12-10(8-9)14(19-21-12)15(20)18-16-17-11-4-2-3-5-13(11)22-16/h2-5,9H,6-8H2,1H3,(H,17,18,20). The van der Waals surface area contributed by atoms with Gasteiger partial charge in [0.05, 0.1) is 10.2 Å². The number of anilines is 1. The zero-order chi connectivity index (χ0) is 15.1. The lowest BCUT2D eigenvalue weighted by atomic mass is 9.88. The van der Waals surface area contributed by atoms with Crippen molar-refractivity contribution in [1.29, 1.82) is 0 Å². The smallest absolute Gasteiger partial charge is 0.279 e. The van der Waals surface area contributed by atoms with E-state index in [0.717, 1.165) is 40.8 Å². The third-order valence-electron chi connectivity index (χ3n) is 4.02. The zero-order valence-corrected chi connectivity index (χ0v) is 12.9.